The van der Waals surface area contributed by atoms with Gasteiger partial charge in [-0.25, -0.2) is 9.59 Å². The number of alkyl carbamates (subject to hydrolysis) is 1. The van der Waals surface area contributed by atoms with Crippen molar-refractivity contribution in [3.63, 3.8) is 0 Å². The summed E-state index contributed by atoms with van der Waals surface area (Å²) < 4.78 is 11.5. The molecule has 0 spiro atoms. The molecule has 2 aromatic rings. The van der Waals surface area contributed by atoms with Crippen LogP contribution >= 0.6 is 0 Å². The number of hydrogen-bond donors (Lipinski definition) is 3. The molecule has 1 saturated heterocycles. The van der Waals surface area contributed by atoms with Gasteiger partial charge in [0, 0.05) is 13.0 Å². The van der Waals surface area contributed by atoms with Gasteiger partial charge in [-0.1, -0.05) is 83.5 Å². The number of benzene rings is 2. The Morgan fingerprint density at radius 1 is 1.07 bits per heavy atom. The fourth-order valence-electron chi connectivity index (χ4n) is 5.73. The molecular weight excluding hydrogens is 538 g/mol. The Kier molecular flexibility index (Phi) is 9.76. The average molecular weight is 582 g/mol. The van der Waals surface area contributed by atoms with Crippen molar-refractivity contribution >= 4 is 34.6 Å². The molecule has 0 aromatic heterocycles. The first-order valence-electron chi connectivity index (χ1n) is 14.8. The highest BCUT2D eigenvalue weighted by atomic mass is 16.5. The van der Waals surface area contributed by atoms with Crippen molar-refractivity contribution in [2.45, 2.75) is 84.2 Å². The van der Waals surface area contributed by atoms with Gasteiger partial charge in [0.25, 0.3) is 0 Å². The van der Waals surface area contributed by atoms with Crippen molar-refractivity contribution < 1.29 is 33.8 Å². The van der Waals surface area contributed by atoms with Crippen LogP contribution in [0, 0.1) is 17.8 Å². The second-order valence-electron chi connectivity index (χ2n) is 12.2. The van der Waals surface area contributed by atoms with E-state index in [0.717, 1.165) is 16.3 Å². The number of nitrogens with zero attached hydrogens (tertiary/aromatic N) is 1. The molecule has 1 aliphatic carbocycles. The SMILES string of the molecule is CCC1CC1(NC(=O)[C@@H]1CC(OCc2cccc3ccccc23)CN1C(=O)[C@@H](NC(=O)OCC(C)C)C(C)C)C(=O)O. The van der Waals surface area contributed by atoms with E-state index in [1.165, 1.54) is 4.90 Å². The summed E-state index contributed by atoms with van der Waals surface area (Å²) in [7, 11) is 0. The van der Waals surface area contributed by atoms with E-state index >= 15 is 0 Å². The number of carbonyl (C=O) groups excluding carboxylic acids is 3. The zero-order valence-corrected chi connectivity index (χ0v) is 25.1. The molecule has 3 unspecified atom stereocenters. The number of hydrogen-bond acceptors (Lipinski definition) is 6. The molecule has 2 aromatic carbocycles. The van der Waals surface area contributed by atoms with Crippen LogP contribution in [-0.4, -0.2) is 70.8 Å². The third-order valence-electron chi connectivity index (χ3n) is 8.28. The van der Waals surface area contributed by atoms with Crippen LogP contribution in [0.1, 0.15) is 59.4 Å². The van der Waals surface area contributed by atoms with E-state index in [0.29, 0.717) is 12.8 Å². The van der Waals surface area contributed by atoms with Crippen LogP contribution < -0.4 is 10.6 Å². The predicted octanol–water partition coefficient (Wildman–Crippen LogP) is 4.10. The zero-order chi connectivity index (χ0) is 30.6. The molecule has 2 aliphatic rings. The van der Waals surface area contributed by atoms with Gasteiger partial charge in [-0.2, -0.15) is 0 Å². The van der Waals surface area contributed by atoms with Gasteiger partial charge in [0.15, 0.2) is 0 Å². The molecule has 4 rings (SSSR count). The number of ether oxygens (including phenoxy) is 2. The van der Waals surface area contributed by atoms with Crippen LogP contribution in [0.25, 0.3) is 10.8 Å². The van der Waals surface area contributed by atoms with Gasteiger partial charge in [0.2, 0.25) is 11.8 Å². The summed E-state index contributed by atoms with van der Waals surface area (Å²) in [6.07, 6.45) is 0.00963. The molecule has 228 valence electrons. The smallest absolute Gasteiger partial charge is 0.407 e. The number of rotatable bonds is 12. The number of carboxylic acids is 1. The highest BCUT2D eigenvalue weighted by Gasteiger charge is 2.61. The van der Waals surface area contributed by atoms with Crippen LogP contribution in [0.15, 0.2) is 42.5 Å². The van der Waals surface area contributed by atoms with Crippen molar-refractivity contribution in [3.8, 4) is 0 Å². The summed E-state index contributed by atoms with van der Waals surface area (Å²) in [6, 6.07) is 12.1. The third-order valence-corrected chi connectivity index (χ3v) is 8.28. The molecule has 10 heteroatoms. The first-order valence-corrected chi connectivity index (χ1v) is 14.8. The van der Waals surface area contributed by atoms with Gasteiger partial charge < -0.3 is 30.1 Å². The van der Waals surface area contributed by atoms with Crippen LogP contribution in [0.5, 0.6) is 0 Å². The van der Waals surface area contributed by atoms with Crippen LogP contribution in [0.3, 0.4) is 0 Å². The minimum atomic E-state index is -1.32. The quantitative estimate of drug-likeness (QED) is 0.344. The number of carbonyl (C=O) groups is 4. The van der Waals surface area contributed by atoms with E-state index in [9.17, 15) is 24.3 Å². The van der Waals surface area contributed by atoms with Crippen LogP contribution in [0.4, 0.5) is 4.79 Å². The number of likely N-dealkylation sites (tertiary alicyclic amines) is 1. The first kappa shape index (κ1) is 31.3. The first-order chi connectivity index (χ1) is 20.0. The summed E-state index contributed by atoms with van der Waals surface area (Å²) in [6.45, 7) is 9.95. The summed E-state index contributed by atoms with van der Waals surface area (Å²) in [5.74, 6) is -2.36. The lowest BCUT2D eigenvalue weighted by Crippen LogP contribution is -2.57. The van der Waals surface area contributed by atoms with Gasteiger partial charge in [-0.15, -0.1) is 0 Å². The van der Waals surface area contributed by atoms with E-state index in [-0.39, 0.29) is 43.9 Å². The van der Waals surface area contributed by atoms with Crippen molar-refractivity contribution in [2.75, 3.05) is 13.2 Å². The number of nitrogens with one attached hydrogen (secondary N) is 2. The number of carboxylic acid groups (broad SMARTS) is 1. The molecule has 1 aliphatic heterocycles. The van der Waals surface area contributed by atoms with Crippen molar-refractivity contribution in [1.29, 1.82) is 0 Å². The van der Waals surface area contributed by atoms with E-state index in [1.807, 2.05) is 63.2 Å². The fourth-order valence-corrected chi connectivity index (χ4v) is 5.73. The van der Waals surface area contributed by atoms with E-state index in [1.54, 1.807) is 13.8 Å². The number of aliphatic carboxylic acids is 1. The minimum absolute atomic E-state index is 0.130. The maximum atomic E-state index is 13.9. The molecule has 2 fully saturated rings. The third kappa shape index (κ3) is 6.86. The molecule has 42 heavy (non-hydrogen) atoms. The summed E-state index contributed by atoms with van der Waals surface area (Å²) in [5.41, 5.74) is -0.333. The van der Waals surface area contributed by atoms with Crippen molar-refractivity contribution in [1.82, 2.24) is 15.5 Å². The maximum Gasteiger partial charge on any atom is 0.407 e. The lowest BCUT2D eigenvalue weighted by atomic mass is 10.0. The minimum Gasteiger partial charge on any atom is -0.479 e. The normalized spacial score (nSPS) is 24.1. The number of fused-ring (bicyclic) bond motifs is 1. The Morgan fingerprint density at radius 3 is 2.43 bits per heavy atom. The van der Waals surface area contributed by atoms with E-state index in [2.05, 4.69) is 10.6 Å². The fraction of sp³-hybridized carbons (Fsp3) is 0.562. The Morgan fingerprint density at radius 2 is 1.79 bits per heavy atom. The van der Waals surface area contributed by atoms with Gasteiger partial charge in [-0.05, 0) is 40.5 Å². The summed E-state index contributed by atoms with van der Waals surface area (Å²) in [4.78, 5) is 53.6. The lowest BCUT2D eigenvalue weighted by Gasteiger charge is -2.31. The predicted molar refractivity (Wildman–Crippen MR) is 157 cm³/mol. The second kappa shape index (κ2) is 13.1. The van der Waals surface area contributed by atoms with E-state index in [4.69, 9.17) is 9.47 Å². The summed E-state index contributed by atoms with van der Waals surface area (Å²) >= 11 is 0. The van der Waals surface area contributed by atoms with Crippen molar-refractivity contribution in [2.24, 2.45) is 17.8 Å². The molecular formula is C32H43N3O7. The molecule has 1 saturated carbocycles. The Hall–Kier alpha value is -3.66. The zero-order valence-electron chi connectivity index (χ0n) is 25.1. The van der Waals surface area contributed by atoms with Crippen LogP contribution in [-0.2, 0) is 30.5 Å². The molecule has 1 heterocycles. The second-order valence-corrected chi connectivity index (χ2v) is 12.2. The van der Waals surface area contributed by atoms with Gasteiger partial charge in [0.05, 0.1) is 19.3 Å². The standard InChI is InChI=1S/C32H43N3O7/c1-6-23-15-32(23,30(38)39)34-28(36)26-14-24(41-18-22-12-9-11-21-10-7-8-13-25(21)22)16-35(26)29(37)27(20(4)5)33-31(40)42-17-19(2)3/h7-13,19-20,23-24,26-27H,6,14-18H2,1-5H3,(H,33,40)(H,34,36)(H,38,39)/t23?,24?,26-,27-,32?/m0/s1. The monoisotopic (exact) mass is 581 g/mol. The average Bonchev–Trinajstić information content (AvgIpc) is 3.51. The largest absolute Gasteiger partial charge is 0.479 e. The molecule has 0 bridgehead atoms. The molecule has 5 atom stereocenters. The Bertz CT molecular complexity index is 1310. The van der Waals surface area contributed by atoms with E-state index < -0.39 is 47.6 Å². The van der Waals surface area contributed by atoms with Gasteiger partial charge >= 0.3 is 12.1 Å². The Labute approximate surface area is 247 Å². The molecule has 10 nitrogen and oxygen atoms in total. The van der Waals surface area contributed by atoms with Crippen LogP contribution in [0.2, 0.25) is 0 Å². The number of amides is 3. The highest BCUT2D eigenvalue weighted by molar-refractivity contribution is 5.96. The van der Waals surface area contributed by atoms with Gasteiger partial charge in [-0.3, -0.25) is 9.59 Å². The lowest BCUT2D eigenvalue weighted by molar-refractivity contribution is -0.146. The maximum absolute atomic E-state index is 13.9. The molecule has 0 radical (unpaired) electrons. The Balaban J connectivity index is 1.53. The van der Waals surface area contributed by atoms with Gasteiger partial charge in [0.1, 0.15) is 17.6 Å². The molecule has 3 amide bonds. The topological polar surface area (TPSA) is 134 Å². The summed E-state index contributed by atoms with van der Waals surface area (Å²) in [5, 5.41) is 17.5. The van der Waals surface area contributed by atoms with Crippen molar-refractivity contribution in [3.05, 3.63) is 48.0 Å². The highest BCUT2D eigenvalue weighted by Crippen LogP contribution is 2.46. The molecule has 3 N–H and O–H groups in total.